The monoisotopic (exact) mass is 424 g/mol. The Hall–Kier alpha value is -2.88. The van der Waals surface area contributed by atoms with Crippen LogP contribution in [-0.4, -0.2) is 33.3 Å². The number of aliphatic hydroxyl groups is 1. The fraction of sp³-hybridized carbons (Fsp3) is 0.310. The van der Waals surface area contributed by atoms with Crippen molar-refractivity contribution >= 4 is 10.9 Å². The molecule has 3 nitrogen and oxygen atoms in total. The van der Waals surface area contributed by atoms with Gasteiger partial charge in [0.15, 0.2) is 0 Å². The molecule has 0 aliphatic carbocycles. The van der Waals surface area contributed by atoms with Crippen molar-refractivity contribution in [2.45, 2.75) is 44.9 Å². The zero-order valence-corrected chi connectivity index (χ0v) is 18.9. The van der Waals surface area contributed by atoms with E-state index in [1.165, 1.54) is 33.3 Å². The molecule has 164 valence electrons. The molecule has 3 aromatic carbocycles. The number of likely N-dealkylation sites (tertiary alicyclic amines) is 1. The predicted molar refractivity (Wildman–Crippen MR) is 132 cm³/mol. The molecule has 0 radical (unpaired) electrons. The van der Waals surface area contributed by atoms with Crippen LogP contribution in [0.15, 0.2) is 84.9 Å². The van der Waals surface area contributed by atoms with Gasteiger partial charge >= 0.3 is 0 Å². The van der Waals surface area contributed by atoms with Crippen molar-refractivity contribution in [3.8, 4) is 0 Å². The minimum Gasteiger partial charge on any atom is -0.389 e. The fourth-order valence-electron chi connectivity index (χ4n) is 5.18. The van der Waals surface area contributed by atoms with E-state index in [1.54, 1.807) is 0 Å². The summed E-state index contributed by atoms with van der Waals surface area (Å²) in [5.41, 5.74) is 6.04. The number of para-hydroxylation sites is 1. The highest BCUT2D eigenvalue weighted by molar-refractivity contribution is 5.85. The Balaban J connectivity index is 1.33. The number of piperidine rings is 1. The number of aromatic nitrogens is 1. The van der Waals surface area contributed by atoms with Crippen LogP contribution >= 0.6 is 0 Å². The van der Waals surface area contributed by atoms with E-state index in [0.717, 1.165) is 45.4 Å². The Bertz CT molecular complexity index is 1170. The van der Waals surface area contributed by atoms with Crippen molar-refractivity contribution in [2.75, 3.05) is 13.1 Å². The summed E-state index contributed by atoms with van der Waals surface area (Å²) in [5.74, 6) is 0. The first-order chi connectivity index (χ1) is 15.6. The van der Waals surface area contributed by atoms with E-state index in [0.29, 0.717) is 0 Å². The van der Waals surface area contributed by atoms with E-state index in [-0.39, 0.29) is 0 Å². The molecule has 4 aromatic rings. The highest BCUT2D eigenvalue weighted by Gasteiger charge is 2.32. The van der Waals surface area contributed by atoms with Gasteiger partial charge in [-0.05, 0) is 42.5 Å². The molecule has 1 aliphatic heterocycles. The van der Waals surface area contributed by atoms with E-state index < -0.39 is 5.60 Å². The third-order valence-corrected chi connectivity index (χ3v) is 7.09. The third-order valence-electron chi connectivity index (χ3n) is 7.09. The van der Waals surface area contributed by atoms with Crippen LogP contribution in [0.5, 0.6) is 0 Å². The average Bonchev–Trinajstić information content (AvgIpc) is 3.08. The summed E-state index contributed by atoms with van der Waals surface area (Å²) in [7, 11) is 0. The maximum absolute atomic E-state index is 11.2. The summed E-state index contributed by atoms with van der Waals surface area (Å²) in [6.45, 7) is 5.95. The topological polar surface area (TPSA) is 28.4 Å². The van der Waals surface area contributed by atoms with Crippen molar-refractivity contribution in [2.24, 2.45) is 0 Å². The van der Waals surface area contributed by atoms with Gasteiger partial charge in [-0.3, -0.25) is 4.90 Å². The average molecular weight is 425 g/mol. The Morgan fingerprint density at radius 1 is 0.750 bits per heavy atom. The summed E-state index contributed by atoms with van der Waals surface area (Å²) >= 11 is 0. The zero-order valence-electron chi connectivity index (χ0n) is 18.9. The van der Waals surface area contributed by atoms with Gasteiger partial charge < -0.3 is 9.67 Å². The second-order valence-electron chi connectivity index (χ2n) is 9.32. The van der Waals surface area contributed by atoms with Crippen LogP contribution in [0.1, 0.15) is 35.2 Å². The molecule has 32 heavy (non-hydrogen) atoms. The van der Waals surface area contributed by atoms with Gasteiger partial charge in [-0.25, -0.2) is 0 Å². The van der Waals surface area contributed by atoms with Crippen LogP contribution in [0, 0.1) is 6.92 Å². The summed E-state index contributed by atoms with van der Waals surface area (Å²) < 4.78 is 2.45. The van der Waals surface area contributed by atoms with Crippen LogP contribution in [0.2, 0.25) is 0 Å². The minimum atomic E-state index is -0.589. The maximum atomic E-state index is 11.2. The van der Waals surface area contributed by atoms with Crippen LogP contribution in [0.4, 0.5) is 0 Å². The lowest BCUT2D eigenvalue weighted by Crippen LogP contribution is -2.45. The molecule has 5 rings (SSSR count). The molecule has 1 aliphatic rings. The molecule has 1 saturated heterocycles. The Labute approximate surface area is 190 Å². The van der Waals surface area contributed by atoms with E-state index in [2.05, 4.69) is 95.3 Å². The molecule has 3 heteroatoms. The summed E-state index contributed by atoms with van der Waals surface area (Å²) in [6, 6.07) is 29.9. The number of rotatable bonds is 6. The van der Waals surface area contributed by atoms with Crippen LogP contribution in [0.25, 0.3) is 10.9 Å². The van der Waals surface area contributed by atoms with Gasteiger partial charge in [-0.2, -0.15) is 0 Å². The number of hydrogen-bond acceptors (Lipinski definition) is 2. The van der Waals surface area contributed by atoms with Crippen molar-refractivity contribution in [3.63, 3.8) is 0 Å². The number of hydrogen-bond donors (Lipinski definition) is 1. The number of benzene rings is 3. The first kappa shape index (κ1) is 21.0. The summed E-state index contributed by atoms with van der Waals surface area (Å²) in [6.07, 6.45) is 2.39. The maximum Gasteiger partial charge on any atom is 0.0712 e. The molecular formula is C29H32N2O. The molecule has 0 unspecified atom stereocenters. The minimum absolute atomic E-state index is 0.589. The molecule has 0 amide bonds. The Kier molecular flexibility index (Phi) is 5.86. The zero-order chi connectivity index (χ0) is 22.0. The van der Waals surface area contributed by atoms with Gasteiger partial charge in [0, 0.05) is 49.2 Å². The lowest BCUT2D eigenvalue weighted by Gasteiger charge is -2.38. The second kappa shape index (κ2) is 8.93. The van der Waals surface area contributed by atoms with Gasteiger partial charge in [-0.15, -0.1) is 0 Å². The van der Waals surface area contributed by atoms with E-state index in [4.69, 9.17) is 0 Å². The molecule has 1 N–H and O–H groups in total. The van der Waals surface area contributed by atoms with Gasteiger partial charge in [0.05, 0.1) is 5.60 Å². The largest absolute Gasteiger partial charge is 0.389 e. The van der Waals surface area contributed by atoms with Crippen LogP contribution in [-0.2, 0) is 19.5 Å². The van der Waals surface area contributed by atoms with Crippen molar-refractivity contribution < 1.29 is 5.11 Å². The number of fused-ring (bicyclic) bond motifs is 1. The standard InChI is InChI=1S/C29H32N2O/c1-23-27(22-30-18-16-29(32,17-19-30)20-24-10-4-2-5-11-24)26-14-8-9-15-28(26)31(23)21-25-12-6-3-7-13-25/h2-15,32H,16-22H2,1H3. The van der Waals surface area contributed by atoms with Crippen molar-refractivity contribution in [1.29, 1.82) is 0 Å². The first-order valence-corrected chi connectivity index (χ1v) is 11.7. The van der Waals surface area contributed by atoms with Crippen molar-refractivity contribution in [1.82, 2.24) is 9.47 Å². The van der Waals surface area contributed by atoms with Gasteiger partial charge in [0.2, 0.25) is 0 Å². The van der Waals surface area contributed by atoms with Crippen molar-refractivity contribution in [3.05, 3.63) is 107 Å². The lowest BCUT2D eigenvalue weighted by molar-refractivity contribution is -0.0224. The second-order valence-corrected chi connectivity index (χ2v) is 9.32. The molecule has 0 atom stereocenters. The smallest absolute Gasteiger partial charge is 0.0712 e. The molecule has 0 bridgehead atoms. The fourth-order valence-corrected chi connectivity index (χ4v) is 5.18. The highest BCUT2D eigenvalue weighted by atomic mass is 16.3. The first-order valence-electron chi connectivity index (χ1n) is 11.7. The lowest BCUT2D eigenvalue weighted by atomic mass is 9.85. The molecule has 1 fully saturated rings. The quantitative estimate of drug-likeness (QED) is 0.438. The molecule has 2 heterocycles. The summed E-state index contributed by atoms with van der Waals surface area (Å²) in [4.78, 5) is 2.51. The van der Waals surface area contributed by atoms with E-state index >= 15 is 0 Å². The Morgan fingerprint density at radius 2 is 1.34 bits per heavy atom. The van der Waals surface area contributed by atoms with Crippen LogP contribution < -0.4 is 0 Å². The highest BCUT2D eigenvalue weighted by Crippen LogP contribution is 2.31. The predicted octanol–water partition coefficient (Wildman–Crippen LogP) is 5.57. The molecule has 1 aromatic heterocycles. The normalized spacial score (nSPS) is 16.4. The van der Waals surface area contributed by atoms with E-state index in [9.17, 15) is 5.11 Å². The van der Waals surface area contributed by atoms with Gasteiger partial charge in [0.25, 0.3) is 0 Å². The summed E-state index contributed by atoms with van der Waals surface area (Å²) in [5, 5.41) is 12.5. The van der Waals surface area contributed by atoms with Gasteiger partial charge in [-0.1, -0.05) is 78.9 Å². The van der Waals surface area contributed by atoms with Crippen LogP contribution in [0.3, 0.4) is 0 Å². The SMILES string of the molecule is Cc1c(CN2CCC(O)(Cc3ccccc3)CC2)c2ccccc2n1Cc1ccccc1. The third kappa shape index (κ3) is 4.36. The van der Waals surface area contributed by atoms with Gasteiger partial charge in [0.1, 0.15) is 0 Å². The Morgan fingerprint density at radius 3 is 2.03 bits per heavy atom. The number of nitrogens with zero attached hydrogens (tertiary/aromatic N) is 2. The van der Waals surface area contributed by atoms with E-state index in [1.807, 2.05) is 6.07 Å². The molecular weight excluding hydrogens is 392 g/mol. The molecule has 0 spiro atoms. The molecule has 0 saturated carbocycles.